The lowest BCUT2D eigenvalue weighted by Crippen LogP contribution is -2.35. The van der Waals surface area contributed by atoms with Crippen molar-refractivity contribution in [2.24, 2.45) is 5.41 Å². The number of rotatable bonds is 5. The molecule has 0 bridgehead atoms. The summed E-state index contributed by atoms with van der Waals surface area (Å²) in [6.07, 6.45) is 2.13. The largest absolute Gasteiger partial charge is 0.325 e. The highest BCUT2D eigenvalue weighted by atomic mass is 16.2. The van der Waals surface area contributed by atoms with Crippen molar-refractivity contribution in [1.82, 2.24) is 0 Å². The van der Waals surface area contributed by atoms with Crippen molar-refractivity contribution in [3.8, 4) is 0 Å². The fourth-order valence-corrected chi connectivity index (χ4v) is 2.89. The standard InChI is InChI=1S/C21H24N2O2/c1-4-16-8-10-17(11-9-16)22-19(24)21(12-13-21)20(25)23-18-7-5-6-14(2)15(18)3/h5-11H,4,12-13H2,1-3H3,(H,22,24)(H,23,25). The van der Waals surface area contributed by atoms with E-state index >= 15 is 0 Å². The lowest BCUT2D eigenvalue weighted by Gasteiger charge is -2.17. The maximum atomic E-state index is 12.7. The van der Waals surface area contributed by atoms with Gasteiger partial charge in [-0.25, -0.2) is 0 Å². The molecule has 0 saturated heterocycles. The van der Waals surface area contributed by atoms with E-state index in [2.05, 4.69) is 17.6 Å². The maximum absolute atomic E-state index is 12.7. The third kappa shape index (κ3) is 3.43. The molecule has 25 heavy (non-hydrogen) atoms. The summed E-state index contributed by atoms with van der Waals surface area (Å²) in [6, 6.07) is 13.5. The van der Waals surface area contributed by atoms with Crippen LogP contribution >= 0.6 is 0 Å². The van der Waals surface area contributed by atoms with Crippen LogP contribution in [0.1, 0.15) is 36.5 Å². The normalized spacial score (nSPS) is 14.7. The predicted octanol–water partition coefficient (Wildman–Crippen LogP) is 4.22. The highest BCUT2D eigenvalue weighted by Crippen LogP contribution is 2.47. The van der Waals surface area contributed by atoms with Gasteiger partial charge in [0, 0.05) is 11.4 Å². The summed E-state index contributed by atoms with van der Waals surface area (Å²) in [5.41, 5.74) is 3.92. The molecular formula is C21H24N2O2. The van der Waals surface area contributed by atoms with Crippen LogP contribution in [-0.2, 0) is 16.0 Å². The molecule has 1 aliphatic carbocycles. The van der Waals surface area contributed by atoms with E-state index in [1.54, 1.807) is 0 Å². The fraction of sp³-hybridized carbons (Fsp3) is 0.333. The highest BCUT2D eigenvalue weighted by molar-refractivity contribution is 6.17. The fourth-order valence-electron chi connectivity index (χ4n) is 2.89. The van der Waals surface area contributed by atoms with Crippen LogP contribution in [0, 0.1) is 19.3 Å². The Balaban J connectivity index is 1.71. The number of aryl methyl sites for hydroxylation is 2. The first-order valence-corrected chi connectivity index (χ1v) is 8.74. The summed E-state index contributed by atoms with van der Waals surface area (Å²) >= 11 is 0. The van der Waals surface area contributed by atoms with Gasteiger partial charge >= 0.3 is 0 Å². The van der Waals surface area contributed by atoms with Crippen molar-refractivity contribution >= 4 is 23.2 Å². The van der Waals surface area contributed by atoms with Gasteiger partial charge < -0.3 is 10.6 Å². The highest BCUT2D eigenvalue weighted by Gasteiger charge is 2.56. The average Bonchev–Trinajstić information content (AvgIpc) is 3.41. The van der Waals surface area contributed by atoms with Gasteiger partial charge in [0.15, 0.2) is 0 Å². The van der Waals surface area contributed by atoms with E-state index in [1.807, 2.05) is 56.3 Å². The molecule has 0 heterocycles. The van der Waals surface area contributed by atoms with Crippen LogP contribution in [0.3, 0.4) is 0 Å². The van der Waals surface area contributed by atoms with Crippen molar-refractivity contribution in [3.63, 3.8) is 0 Å². The van der Waals surface area contributed by atoms with Crippen LogP contribution in [0.5, 0.6) is 0 Å². The number of anilines is 2. The molecule has 4 nitrogen and oxygen atoms in total. The number of carbonyl (C=O) groups is 2. The van der Waals surface area contributed by atoms with E-state index in [4.69, 9.17) is 0 Å². The molecule has 2 N–H and O–H groups in total. The number of hydrogen-bond donors (Lipinski definition) is 2. The minimum Gasteiger partial charge on any atom is -0.325 e. The molecule has 1 aliphatic rings. The zero-order valence-corrected chi connectivity index (χ0v) is 15.0. The summed E-state index contributed by atoms with van der Waals surface area (Å²) in [4.78, 5) is 25.4. The minimum atomic E-state index is -0.945. The Morgan fingerprint density at radius 2 is 1.60 bits per heavy atom. The lowest BCUT2D eigenvalue weighted by molar-refractivity contribution is -0.131. The first kappa shape index (κ1) is 17.2. The Bertz CT molecular complexity index is 805. The van der Waals surface area contributed by atoms with Crippen molar-refractivity contribution in [2.75, 3.05) is 10.6 Å². The molecule has 0 atom stereocenters. The van der Waals surface area contributed by atoms with Gasteiger partial charge in [0.2, 0.25) is 11.8 Å². The Kier molecular flexibility index (Phi) is 4.62. The molecule has 0 aromatic heterocycles. The summed E-state index contributed by atoms with van der Waals surface area (Å²) in [6.45, 7) is 6.06. The molecule has 2 amide bonds. The van der Waals surface area contributed by atoms with Crippen LogP contribution in [0.25, 0.3) is 0 Å². The van der Waals surface area contributed by atoms with Gasteiger partial charge in [0.05, 0.1) is 0 Å². The molecular weight excluding hydrogens is 312 g/mol. The molecule has 0 unspecified atom stereocenters. The molecule has 0 spiro atoms. The van der Waals surface area contributed by atoms with Gasteiger partial charge in [0.1, 0.15) is 5.41 Å². The second kappa shape index (κ2) is 6.71. The molecule has 2 aromatic rings. The molecule has 2 aromatic carbocycles. The van der Waals surface area contributed by atoms with Crippen LogP contribution in [0.15, 0.2) is 42.5 Å². The van der Waals surface area contributed by atoms with Crippen LogP contribution < -0.4 is 10.6 Å². The first-order chi connectivity index (χ1) is 12.0. The average molecular weight is 336 g/mol. The van der Waals surface area contributed by atoms with Gasteiger partial charge in [-0.2, -0.15) is 0 Å². The molecule has 1 saturated carbocycles. The van der Waals surface area contributed by atoms with Crippen molar-refractivity contribution in [3.05, 3.63) is 59.2 Å². The Morgan fingerprint density at radius 1 is 0.960 bits per heavy atom. The van der Waals surface area contributed by atoms with E-state index < -0.39 is 5.41 Å². The van der Waals surface area contributed by atoms with Gasteiger partial charge in [-0.15, -0.1) is 0 Å². The van der Waals surface area contributed by atoms with Gasteiger partial charge in [-0.1, -0.05) is 31.2 Å². The zero-order chi connectivity index (χ0) is 18.0. The Labute approximate surface area is 148 Å². The first-order valence-electron chi connectivity index (χ1n) is 8.74. The molecule has 0 aliphatic heterocycles. The second-order valence-electron chi connectivity index (χ2n) is 6.79. The van der Waals surface area contributed by atoms with E-state index in [1.165, 1.54) is 5.56 Å². The topological polar surface area (TPSA) is 58.2 Å². The second-order valence-corrected chi connectivity index (χ2v) is 6.79. The molecule has 3 rings (SSSR count). The zero-order valence-electron chi connectivity index (χ0n) is 15.0. The summed E-state index contributed by atoms with van der Waals surface area (Å²) in [7, 11) is 0. The van der Waals surface area contributed by atoms with Crippen LogP contribution in [0.4, 0.5) is 11.4 Å². The van der Waals surface area contributed by atoms with Gasteiger partial charge in [0.25, 0.3) is 0 Å². The summed E-state index contributed by atoms with van der Waals surface area (Å²) in [5, 5.41) is 5.83. The quantitative estimate of drug-likeness (QED) is 0.803. The number of hydrogen-bond acceptors (Lipinski definition) is 2. The SMILES string of the molecule is CCc1ccc(NC(=O)C2(C(=O)Nc3cccc(C)c3C)CC2)cc1. The van der Waals surface area contributed by atoms with E-state index in [0.29, 0.717) is 12.8 Å². The molecule has 130 valence electrons. The molecule has 0 radical (unpaired) electrons. The third-order valence-electron chi connectivity index (χ3n) is 5.09. The number of benzene rings is 2. The monoisotopic (exact) mass is 336 g/mol. The van der Waals surface area contributed by atoms with E-state index in [-0.39, 0.29) is 11.8 Å². The van der Waals surface area contributed by atoms with Crippen molar-refractivity contribution in [2.45, 2.75) is 40.0 Å². The number of carbonyl (C=O) groups excluding carboxylic acids is 2. The van der Waals surface area contributed by atoms with Crippen LogP contribution in [-0.4, -0.2) is 11.8 Å². The number of amides is 2. The van der Waals surface area contributed by atoms with Crippen molar-refractivity contribution in [1.29, 1.82) is 0 Å². The Morgan fingerprint density at radius 3 is 2.20 bits per heavy atom. The van der Waals surface area contributed by atoms with Gasteiger partial charge in [-0.05, 0) is 68.0 Å². The van der Waals surface area contributed by atoms with Gasteiger partial charge in [-0.3, -0.25) is 9.59 Å². The smallest absolute Gasteiger partial charge is 0.240 e. The molecule has 4 heteroatoms. The minimum absolute atomic E-state index is 0.219. The lowest BCUT2D eigenvalue weighted by atomic mass is 10.0. The number of nitrogens with one attached hydrogen (secondary N) is 2. The van der Waals surface area contributed by atoms with E-state index in [0.717, 1.165) is 28.9 Å². The predicted molar refractivity (Wildman–Crippen MR) is 101 cm³/mol. The molecule has 1 fully saturated rings. The summed E-state index contributed by atoms with van der Waals surface area (Å²) in [5.74, 6) is -0.441. The van der Waals surface area contributed by atoms with E-state index in [9.17, 15) is 9.59 Å². The van der Waals surface area contributed by atoms with Crippen LogP contribution in [0.2, 0.25) is 0 Å². The summed E-state index contributed by atoms with van der Waals surface area (Å²) < 4.78 is 0. The third-order valence-corrected chi connectivity index (χ3v) is 5.09. The van der Waals surface area contributed by atoms with Crippen molar-refractivity contribution < 1.29 is 9.59 Å². The Hall–Kier alpha value is -2.62. The maximum Gasteiger partial charge on any atom is 0.240 e.